The third-order valence-corrected chi connectivity index (χ3v) is 4.54. The zero-order valence-corrected chi connectivity index (χ0v) is 16.1. The van der Waals surface area contributed by atoms with Crippen molar-refractivity contribution in [1.29, 1.82) is 0 Å². The van der Waals surface area contributed by atoms with E-state index in [4.69, 9.17) is 14.2 Å². The quantitative estimate of drug-likeness (QED) is 0.752. The fourth-order valence-electron chi connectivity index (χ4n) is 3.07. The first-order valence-electron chi connectivity index (χ1n) is 9.16. The summed E-state index contributed by atoms with van der Waals surface area (Å²) in [4.78, 5) is 25.3. The first-order chi connectivity index (χ1) is 13.6. The lowest BCUT2D eigenvalue weighted by atomic mass is 10.1. The van der Waals surface area contributed by atoms with Gasteiger partial charge in [0, 0.05) is 17.8 Å². The van der Waals surface area contributed by atoms with Gasteiger partial charge in [0.15, 0.2) is 11.5 Å². The van der Waals surface area contributed by atoms with Crippen LogP contribution in [0.5, 0.6) is 11.5 Å². The van der Waals surface area contributed by atoms with Gasteiger partial charge in [-0.25, -0.2) is 4.79 Å². The van der Waals surface area contributed by atoms with E-state index in [2.05, 4.69) is 5.32 Å². The number of rotatable bonds is 8. The van der Waals surface area contributed by atoms with Crippen LogP contribution in [0.1, 0.15) is 18.4 Å². The highest BCUT2D eigenvalue weighted by atomic mass is 16.6. The average molecular weight is 384 g/mol. The third-order valence-electron chi connectivity index (χ3n) is 4.54. The molecule has 3 rings (SSSR count). The molecule has 0 spiro atoms. The number of cyclic esters (lactones) is 1. The summed E-state index contributed by atoms with van der Waals surface area (Å²) in [6.07, 6.45) is 1.56. The molecule has 0 bridgehead atoms. The summed E-state index contributed by atoms with van der Waals surface area (Å²) in [5.74, 6) is 1.33. The standard InChI is InChI=1S/C21H24N2O5/c1-26-18-11-6-15(14-19(18)27-2)4-3-5-20(24)22-16-7-9-17(10-8-16)23-12-13-28-21(23)25/h6-11,14H,3-5,12-13H2,1-2H3,(H,22,24). The van der Waals surface area contributed by atoms with Crippen LogP contribution in [0.2, 0.25) is 0 Å². The minimum atomic E-state index is -0.341. The maximum absolute atomic E-state index is 12.2. The molecular weight excluding hydrogens is 360 g/mol. The number of aryl methyl sites for hydroxylation is 1. The third kappa shape index (κ3) is 4.73. The zero-order valence-electron chi connectivity index (χ0n) is 16.1. The summed E-state index contributed by atoms with van der Waals surface area (Å²) in [5.41, 5.74) is 2.55. The highest BCUT2D eigenvalue weighted by Gasteiger charge is 2.23. The second kappa shape index (κ2) is 9.12. The Morgan fingerprint density at radius 2 is 1.86 bits per heavy atom. The molecule has 0 atom stereocenters. The summed E-state index contributed by atoms with van der Waals surface area (Å²) in [7, 11) is 3.21. The van der Waals surface area contributed by atoms with Crippen molar-refractivity contribution >= 4 is 23.4 Å². The van der Waals surface area contributed by atoms with Gasteiger partial charge < -0.3 is 19.5 Å². The summed E-state index contributed by atoms with van der Waals surface area (Å²) in [6.45, 7) is 0.943. The molecule has 1 fully saturated rings. The molecule has 0 saturated carbocycles. The van der Waals surface area contributed by atoms with Crippen LogP contribution in [0, 0.1) is 0 Å². The van der Waals surface area contributed by atoms with Crippen molar-refractivity contribution in [2.45, 2.75) is 19.3 Å². The van der Waals surface area contributed by atoms with Crippen LogP contribution in [0.25, 0.3) is 0 Å². The number of hydrogen-bond donors (Lipinski definition) is 1. The maximum atomic E-state index is 12.2. The molecule has 0 aliphatic carbocycles. The Labute approximate surface area is 164 Å². The van der Waals surface area contributed by atoms with Gasteiger partial charge in [0.1, 0.15) is 6.61 Å². The molecule has 1 saturated heterocycles. The van der Waals surface area contributed by atoms with E-state index >= 15 is 0 Å². The van der Waals surface area contributed by atoms with Crippen LogP contribution >= 0.6 is 0 Å². The van der Waals surface area contributed by atoms with Crippen molar-refractivity contribution in [3.05, 3.63) is 48.0 Å². The molecule has 0 unspecified atom stereocenters. The maximum Gasteiger partial charge on any atom is 0.414 e. The number of ether oxygens (including phenoxy) is 3. The molecule has 0 aromatic heterocycles. The predicted octanol–water partition coefficient (Wildman–Crippen LogP) is 3.62. The van der Waals surface area contributed by atoms with E-state index in [1.54, 1.807) is 43.4 Å². The number of nitrogens with zero attached hydrogens (tertiary/aromatic N) is 1. The van der Waals surface area contributed by atoms with E-state index in [9.17, 15) is 9.59 Å². The van der Waals surface area contributed by atoms with Gasteiger partial charge in [-0.2, -0.15) is 0 Å². The molecule has 28 heavy (non-hydrogen) atoms. The van der Waals surface area contributed by atoms with Crippen LogP contribution in [-0.4, -0.2) is 39.4 Å². The first kappa shape index (κ1) is 19.5. The van der Waals surface area contributed by atoms with E-state index < -0.39 is 0 Å². The summed E-state index contributed by atoms with van der Waals surface area (Å²) in [5, 5.41) is 2.88. The first-order valence-corrected chi connectivity index (χ1v) is 9.16. The summed E-state index contributed by atoms with van der Waals surface area (Å²) in [6, 6.07) is 12.9. The van der Waals surface area contributed by atoms with Gasteiger partial charge in [-0.15, -0.1) is 0 Å². The van der Waals surface area contributed by atoms with E-state index in [1.807, 2.05) is 18.2 Å². The van der Waals surface area contributed by atoms with Crippen LogP contribution < -0.4 is 19.7 Å². The van der Waals surface area contributed by atoms with Crippen molar-refractivity contribution in [2.24, 2.45) is 0 Å². The number of benzene rings is 2. The molecule has 7 heteroatoms. The fraction of sp³-hybridized carbons (Fsp3) is 0.333. The number of amides is 2. The molecule has 1 heterocycles. The topological polar surface area (TPSA) is 77.1 Å². The Bertz CT molecular complexity index is 835. The van der Waals surface area contributed by atoms with Crippen LogP contribution in [0.4, 0.5) is 16.2 Å². The molecule has 2 aromatic rings. The van der Waals surface area contributed by atoms with Gasteiger partial charge in [0.2, 0.25) is 5.91 Å². The van der Waals surface area contributed by atoms with Crippen molar-refractivity contribution in [1.82, 2.24) is 0 Å². The molecule has 2 aromatic carbocycles. The van der Waals surface area contributed by atoms with E-state index in [0.717, 1.165) is 24.1 Å². The van der Waals surface area contributed by atoms with Gasteiger partial charge in [-0.05, 0) is 54.8 Å². The summed E-state index contributed by atoms with van der Waals surface area (Å²) >= 11 is 0. The highest BCUT2D eigenvalue weighted by molar-refractivity contribution is 5.92. The van der Waals surface area contributed by atoms with E-state index in [0.29, 0.717) is 36.8 Å². The number of nitrogens with one attached hydrogen (secondary N) is 1. The van der Waals surface area contributed by atoms with Crippen LogP contribution in [0.15, 0.2) is 42.5 Å². The van der Waals surface area contributed by atoms with Crippen molar-refractivity contribution in [2.75, 3.05) is 37.6 Å². The molecule has 1 aliphatic rings. The number of carbonyl (C=O) groups is 2. The van der Waals surface area contributed by atoms with Gasteiger partial charge in [0.05, 0.1) is 20.8 Å². The lowest BCUT2D eigenvalue weighted by Crippen LogP contribution is -2.23. The van der Waals surface area contributed by atoms with Gasteiger partial charge in [-0.1, -0.05) is 6.07 Å². The average Bonchev–Trinajstić information content (AvgIpc) is 3.14. The number of methoxy groups -OCH3 is 2. The lowest BCUT2D eigenvalue weighted by Gasteiger charge is -2.13. The second-order valence-corrected chi connectivity index (χ2v) is 6.40. The van der Waals surface area contributed by atoms with E-state index in [1.165, 1.54) is 0 Å². The lowest BCUT2D eigenvalue weighted by molar-refractivity contribution is -0.116. The Morgan fingerprint density at radius 1 is 1.11 bits per heavy atom. The smallest absolute Gasteiger partial charge is 0.414 e. The molecule has 2 amide bonds. The van der Waals surface area contributed by atoms with Gasteiger partial charge in [-0.3, -0.25) is 9.69 Å². The Hall–Kier alpha value is -3.22. The second-order valence-electron chi connectivity index (χ2n) is 6.40. The number of anilines is 2. The zero-order chi connectivity index (χ0) is 19.9. The van der Waals surface area contributed by atoms with E-state index in [-0.39, 0.29) is 12.0 Å². The predicted molar refractivity (Wildman–Crippen MR) is 106 cm³/mol. The van der Waals surface area contributed by atoms with Crippen molar-refractivity contribution in [3.8, 4) is 11.5 Å². The largest absolute Gasteiger partial charge is 0.493 e. The molecular formula is C21H24N2O5. The minimum Gasteiger partial charge on any atom is -0.493 e. The molecule has 1 aliphatic heterocycles. The Balaban J connectivity index is 1.47. The Kier molecular flexibility index (Phi) is 6.37. The SMILES string of the molecule is COc1ccc(CCCC(=O)Nc2ccc(N3CCOC3=O)cc2)cc1OC. The van der Waals surface area contributed by atoms with Gasteiger partial charge >= 0.3 is 6.09 Å². The van der Waals surface area contributed by atoms with Crippen molar-refractivity contribution < 1.29 is 23.8 Å². The van der Waals surface area contributed by atoms with Crippen LogP contribution in [0.3, 0.4) is 0 Å². The van der Waals surface area contributed by atoms with Crippen molar-refractivity contribution in [3.63, 3.8) is 0 Å². The molecule has 148 valence electrons. The monoisotopic (exact) mass is 384 g/mol. The summed E-state index contributed by atoms with van der Waals surface area (Å²) < 4.78 is 15.5. The van der Waals surface area contributed by atoms with Gasteiger partial charge in [0.25, 0.3) is 0 Å². The minimum absolute atomic E-state index is 0.0474. The molecule has 7 nitrogen and oxygen atoms in total. The highest BCUT2D eigenvalue weighted by Crippen LogP contribution is 2.28. The number of hydrogen-bond acceptors (Lipinski definition) is 5. The molecule has 0 radical (unpaired) electrons. The van der Waals surface area contributed by atoms with Crippen LogP contribution in [-0.2, 0) is 16.0 Å². The fourth-order valence-corrected chi connectivity index (χ4v) is 3.07. The Morgan fingerprint density at radius 3 is 2.50 bits per heavy atom. The number of carbonyl (C=O) groups excluding carboxylic acids is 2. The normalized spacial score (nSPS) is 13.2. The molecule has 1 N–H and O–H groups in total.